The average molecular weight is 399 g/mol. The van der Waals surface area contributed by atoms with Crippen molar-refractivity contribution in [3.05, 3.63) is 0 Å². The molecule has 0 radical (unpaired) electrons. The fourth-order valence-corrected chi connectivity index (χ4v) is 4.28. The smallest absolute Gasteiger partial charge is 0.451 e. The summed E-state index contributed by atoms with van der Waals surface area (Å²) in [6, 6.07) is 0.694. The van der Waals surface area contributed by atoms with Gasteiger partial charge in [-0.2, -0.15) is 0 Å². The van der Waals surface area contributed by atoms with E-state index in [1.165, 1.54) is 25.7 Å². The highest BCUT2D eigenvalue weighted by atomic mass is 35.5. The van der Waals surface area contributed by atoms with Crippen LogP contribution >= 0.6 is 24.8 Å². The summed E-state index contributed by atoms with van der Waals surface area (Å²) in [4.78, 5) is 14.3. The Morgan fingerprint density at radius 3 is 2.12 bits per heavy atom. The number of likely N-dealkylation sites (tertiary alicyclic amines) is 1. The van der Waals surface area contributed by atoms with Crippen LogP contribution in [-0.4, -0.2) is 57.8 Å². The second-order valence-electron chi connectivity index (χ2n) is 7.32. The van der Waals surface area contributed by atoms with Crippen LogP contribution in [0.3, 0.4) is 0 Å². The van der Waals surface area contributed by atoms with Crippen molar-refractivity contribution in [3.8, 4) is 0 Å². The van der Waals surface area contributed by atoms with Gasteiger partial charge in [0.1, 0.15) is 5.54 Å². The van der Waals surface area contributed by atoms with Crippen LogP contribution in [0.1, 0.15) is 57.8 Å². The zero-order chi connectivity index (χ0) is 16.9. The van der Waals surface area contributed by atoms with E-state index in [9.17, 15) is 9.90 Å². The van der Waals surface area contributed by atoms with E-state index in [0.717, 1.165) is 25.9 Å². The molecule has 1 saturated heterocycles. The maximum absolute atomic E-state index is 11.7. The molecule has 25 heavy (non-hydrogen) atoms. The number of aliphatic carboxylic acids is 1. The maximum Gasteiger partial charge on any atom is 0.451 e. The van der Waals surface area contributed by atoms with E-state index in [2.05, 4.69) is 4.90 Å². The number of carboxylic acid groups (broad SMARTS) is 1. The summed E-state index contributed by atoms with van der Waals surface area (Å²) in [5.74, 6) is -0.905. The minimum absolute atomic E-state index is 0. The number of nitrogens with zero attached hydrogens (tertiary/aromatic N) is 1. The van der Waals surface area contributed by atoms with E-state index in [1.807, 2.05) is 0 Å². The van der Waals surface area contributed by atoms with Crippen LogP contribution in [0.5, 0.6) is 0 Å². The molecule has 148 valence electrons. The Balaban J connectivity index is 0.00000288. The van der Waals surface area contributed by atoms with Gasteiger partial charge in [-0.25, -0.2) is 0 Å². The first-order valence-electron chi connectivity index (χ1n) is 9.06. The summed E-state index contributed by atoms with van der Waals surface area (Å²) in [7, 11) is -1.32. The lowest BCUT2D eigenvalue weighted by atomic mass is 9.74. The van der Waals surface area contributed by atoms with E-state index < -0.39 is 18.6 Å². The van der Waals surface area contributed by atoms with Crippen LogP contribution in [0.15, 0.2) is 0 Å². The van der Waals surface area contributed by atoms with E-state index >= 15 is 0 Å². The lowest BCUT2D eigenvalue weighted by Gasteiger charge is -2.42. The Hall–Kier alpha value is -0.0451. The van der Waals surface area contributed by atoms with Crippen LogP contribution in [-0.2, 0) is 4.79 Å². The highest BCUT2D eigenvalue weighted by Gasteiger charge is 2.43. The Morgan fingerprint density at radius 1 is 1.08 bits per heavy atom. The monoisotopic (exact) mass is 398 g/mol. The minimum atomic E-state index is -1.32. The van der Waals surface area contributed by atoms with Gasteiger partial charge in [0.25, 0.3) is 0 Å². The molecular formula is C16H33BCl2N2O4. The normalized spacial score (nSPS) is 21.9. The van der Waals surface area contributed by atoms with Crippen molar-refractivity contribution in [1.29, 1.82) is 0 Å². The van der Waals surface area contributed by atoms with Crippen molar-refractivity contribution < 1.29 is 19.9 Å². The molecule has 1 aliphatic carbocycles. The number of nitrogens with two attached hydrogens (primary N) is 1. The molecule has 0 aromatic heterocycles. The highest BCUT2D eigenvalue weighted by Crippen LogP contribution is 2.34. The second kappa shape index (κ2) is 11.6. The molecule has 2 rings (SSSR count). The largest absolute Gasteiger partial charge is 0.480 e. The zero-order valence-corrected chi connectivity index (χ0v) is 16.4. The van der Waals surface area contributed by atoms with Gasteiger partial charge in [0.05, 0.1) is 0 Å². The Bertz CT molecular complexity index is 392. The number of carbonyl (C=O) groups is 1. The first-order valence-corrected chi connectivity index (χ1v) is 9.06. The minimum Gasteiger partial charge on any atom is -0.480 e. The highest BCUT2D eigenvalue weighted by molar-refractivity contribution is 6.40. The van der Waals surface area contributed by atoms with Crippen molar-refractivity contribution in [3.63, 3.8) is 0 Å². The molecule has 1 aliphatic heterocycles. The summed E-state index contributed by atoms with van der Waals surface area (Å²) < 4.78 is 0. The summed E-state index contributed by atoms with van der Waals surface area (Å²) in [5.41, 5.74) is 5.11. The van der Waals surface area contributed by atoms with Crippen LogP contribution in [0.2, 0.25) is 6.32 Å². The van der Waals surface area contributed by atoms with E-state index in [4.69, 9.17) is 15.8 Å². The molecule has 1 saturated carbocycles. The lowest BCUT2D eigenvalue weighted by Crippen LogP contribution is -2.57. The van der Waals surface area contributed by atoms with Gasteiger partial charge in [-0.1, -0.05) is 25.7 Å². The number of halogens is 2. The number of rotatable bonds is 8. The molecule has 0 bridgehead atoms. The number of carboxylic acids is 1. The average Bonchev–Trinajstić information content (AvgIpc) is 3.05. The first-order chi connectivity index (χ1) is 10.9. The first kappa shape index (κ1) is 25.0. The number of unbranched alkanes of at least 4 members (excludes halogenated alkanes) is 1. The fourth-order valence-electron chi connectivity index (χ4n) is 4.28. The zero-order valence-electron chi connectivity index (χ0n) is 14.8. The fraction of sp³-hybridized carbons (Fsp3) is 0.938. The molecule has 0 aromatic rings. The van der Waals surface area contributed by atoms with Gasteiger partial charge < -0.3 is 25.8 Å². The number of piperidine rings is 1. The Labute approximate surface area is 163 Å². The summed E-state index contributed by atoms with van der Waals surface area (Å²) >= 11 is 0. The van der Waals surface area contributed by atoms with Crippen LogP contribution in [0, 0.1) is 5.92 Å². The van der Waals surface area contributed by atoms with Gasteiger partial charge in [-0.05, 0) is 57.4 Å². The van der Waals surface area contributed by atoms with Gasteiger partial charge in [-0.15, -0.1) is 24.8 Å². The van der Waals surface area contributed by atoms with Crippen molar-refractivity contribution in [2.45, 2.75) is 75.7 Å². The summed E-state index contributed by atoms with van der Waals surface area (Å²) in [5, 5.41) is 27.4. The van der Waals surface area contributed by atoms with Gasteiger partial charge in [0.2, 0.25) is 0 Å². The molecule has 1 atom stereocenters. The maximum atomic E-state index is 11.7. The second-order valence-corrected chi connectivity index (χ2v) is 7.32. The molecular weight excluding hydrogens is 366 g/mol. The summed E-state index contributed by atoms with van der Waals surface area (Å²) in [6.07, 6.45) is 8.77. The SMILES string of the molecule is Cl.Cl.NC(CCCCB(O)O)(C(=O)O)C1CCN(C2CCCC2)CC1. The molecule has 6 nitrogen and oxygen atoms in total. The molecule has 5 N–H and O–H groups in total. The Kier molecular flexibility index (Phi) is 11.6. The third-order valence-corrected chi connectivity index (χ3v) is 5.80. The number of hydrogen-bond acceptors (Lipinski definition) is 5. The quantitative estimate of drug-likeness (QED) is 0.367. The summed E-state index contributed by atoms with van der Waals surface area (Å²) in [6.45, 7) is 1.91. The van der Waals surface area contributed by atoms with Gasteiger partial charge in [0, 0.05) is 6.04 Å². The van der Waals surface area contributed by atoms with Gasteiger partial charge in [0.15, 0.2) is 0 Å². The van der Waals surface area contributed by atoms with Crippen molar-refractivity contribution in [2.24, 2.45) is 11.7 Å². The molecule has 0 spiro atoms. The predicted octanol–water partition coefficient (Wildman–Crippen LogP) is 1.91. The molecule has 0 aromatic carbocycles. The topological polar surface area (TPSA) is 107 Å². The van der Waals surface area contributed by atoms with Crippen molar-refractivity contribution in [1.82, 2.24) is 4.90 Å². The molecule has 9 heteroatoms. The molecule has 1 heterocycles. The van der Waals surface area contributed by atoms with Gasteiger partial charge in [-0.3, -0.25) is 4.79 Å². The molecule has 2 fully saturated rings. The molecule has 1 unspecified atom stereocenters. The van der Waals surface area contributed by atoms with Crippen LogP contribution < -0.4 is 5.73 Å². The lowest BCUT2D eigenvalue weighted by molar-refractivity contribution is -0.147. The van der Waals surface area contributed by atoms with Crippen LogP contribution in [0.4, 0.5) is 0 Å². The Morgan fingerprint density at radius 2 is 1.64 bits per heavy atom. The van der Waals surface area contributed by atoms with E-state index in [0.29, 0.717) is 25.3 Å². The standard InChI is InChI=1S/C16H31BN2O4.2ClH/c18-16(15(20)21,9-3-4-10-17(22)23)13-7-11-19(12-8-13)14-5-1-2-6-14;;/h13-14,22-23H,1-12,18H2,(H,20,21);2*1H. The van der Waals surface area contributed by atoms with E-state index in [1.54, 1.807) is 0 Å². The van der Waals surface area contributed by atoms with Crippen LogP contribution in [0.25, 0.3) is 0 Å². The van der Waals surface area contributed by atoms with Gasteiger partial charge >= 0.3 is 13.1 Å². The van der Waals surface area contributed by atoms with Crippen molar-refractivity contribution >= 4 is 37.9 Å². The predicted molar refractivity (Wildman–Crippen MR) is 104 cm³/mol. The third-order valence-electron chi connectivity index (χ3n) is 5.80. The van der Waals surface area contributed by atoms with Crippen molar-refractivity contribution in [2.75, 3.05) is 13.1 Å². The molecule has 2 aliphatic rings. The number of hydrogen-bond donors (Lipinski definition) is 4. The molecule has 0 amide bonds. The third kappa shape index (κ3) is 6.88. The van der Waals surface area contributed by atoms with E-state index in [-0.39, 0.29) is 37.1 Å².